The van der Waals surface area contributed by atoms with E-state index >= 15 is 0 Å². The van der Waals surface area contributed by atoms with E-state index in [4.69, 9.17) is 0 Å². The van der Waals surface area contributed by atoms with Gasteiger partial charge >= 0.3 is 21.0 Å². The first kappa shape index (κ1) is 16.6. The lowest BCUT2D eigenvalue weighted by atomic mass is 10.1. The number of carbonyl (C=O) groups excluding carboxylic acids is 1. The summed E-state index contributed by atoms with van der Waals surface area (Å²) in [6.45, 7) is 0. The highest BCUT2D eigenvalue weighted by Crippen LogP contribution is 2.57. The monoisotopic (exact) mass is 374 g/mol. The maximum Gasteiger partial charge on any atom is 0.373 e. The minimum atomic E-state index is -5.64. The summed E-state index contributed by atoms with van der Waals surface area (Å²) >= 11 is 14.1. The first-order valence-electron chi connectivity index (χ1n) is 3.09. The quantitative estimate of drug-likeness (QED) is 0.409. The molecule has 16 heavy (non-hydrogen) atoms. The van der Waals surface area contributed by atoms with Crippen molar-refractivity contribution >= 4 is 56.0 Å². The van der Waals surface area contributed by atoms with Gasteiger partial charge in [-0.15, -0.1) is 0 Å². The van der Waals surface area contributed by atoms with Gasteiger partial charge in [0.25, 0.3) is 5.24 Å². The van der Waals surface area contributed by atoms with Crippen LogP contribution >= 0.6 is 50.7 Å². The lowest BCUT2D eigenvalue weighted by Crippen LogP contribution is -2.61. The minimum Gasteiger partial charge on any atom is -0.274 e. The van der Waals surface area contributed by atoms with E-state index in [1.54, 1.807) is 0 Å². The largest absolute Gasteiger partial charge is 0.373 e. The Morgan fingerprint density at radius 2 is 1.31 bits per heavy atom. The Balaban J connectivity index is 5.62. The summed E-state index contributed by atoms with van der Waals surface area (Å²) in [5.41, 5.74) is 0. The van der Waals surface area contributed by atoms with Crippen LogP contribution in [0.5, 0.6) is 0 Å². The van der Waals surface area contributed by atoms with Crippen molar-refractivity contribution in [3.05, 3.63) is 0 Å². The van der Waals surface area contributed by atoms with Crippen molar-refractivity contribution < 1.29 is 31.1 Å². The Kier molecular flexibility index (Phi) is 4.53. The Hall–Kier alpha value is 0.600. The molecule has 2 unspecified atom stereocenters. The van der Waals surface area contributed by atoms with E-state index in [-0.39, 0.29) is 0 Å². The average molecular weight is 376 g/mol. The lowest BCUT2D eigenvalue weighted by Gasteiger charge is -2.35. The molecular weight excluding hydrogens is 376 g/mol. The number of alkyl halides is 9. The summed E-state index contributed by atoms with van der Waals surface area (Å²) in [7, 11) is 0. The molecule has 0 bridgehead atoms. The van der Waals surface area contributed by atoms with Gasteiger partial charge in [-0.1, -0.05) is 23.2 Å². The van der Waals surface area contributed by atoms with Crippen LogP contribution in [-0.2, 0) is 4.79 Å². The van der Waals surface area contributed by atoms with Crippen LogP contribution in [0.25, 0.3) is 0 Å². The molecular formula is C5BrCl3F6O. The normalized spacial score (nSPS) is 21.1. The molecule has 11 heteroatoms. The molecule has 1 nitrogen and oxygen atoms in total. The Morgan fingerprint density at radius 3 is 1.50 bits per heavy atom. The van der Waals surface area contributed by atoms with Crippen LogP contribution in [0.2, 0.25) is 0 Å². The number of halogens is 10. The van der Waals surface area contributed by atoms with Gasteiger partial charge < -0.3 is 0 Å². The molecule has 0 aliphatic carbocycles. The van der Waals surface area contributed by atoms with Gasteiger partial charge in [-0.05, 0) is 27.5 Å². The second-order valence-electron chi connectivity index (χ2n) is 2.49. The zero-order valence-electron chi connectivity index (χ0n) is 6.69. The van der Waals surface area contributed by atoms with Gasteiger partial charge in [0.15, 0.2) is 0 Å². The molecule has 0 N–H and O–H groups in total. The zero-order chi connectivity index (χ0) is 13.6. The van der Waals surface area contributed by atoms with Crippen LogP contribution in [0.15, 0.2) is 0 Å². The van der Waals surface area contributed by atoms with Crippen LogP contribution in [-0.4, -0.2) is 26.3 Å². The number of hydrogen-bond donors (Lipinski definition) is 0. The van der Waals surface area contributed by atoms with Gasteiger partial charge in [-0.2, -0.15) is 17.6 Å². The van der Waals surface area contributed by atoms with Gasteiger partial charge in [0.2, 0.25) is 0 Å². The molecule has 2 atom stereocenters. The molecule has 0 aromatic carbocycles. The van der Waals surface area contributed by atoms with Crippen molar-refractivity contribution in [3.8, 4) is 0 Å². The molecule has 0 rings (SSSR count). The predicted molar refractivity (Wildman–Crippen MR) is 49.1 cm³/mol. The molecule has 96 valence electrons. The van der Waals surface area contributed by atoms with Crippen molar-refractivity contribution in [2.75, 3.05) is 0 Å². The zero-order valence-corrected chi connectivity index (χ0v) is 10.5. The van der Waals surface area contributed by atoms with Crippen LogP contribution in [0.4, 0.5) is 26.3 Å². The molecule has 0 saturated carbocycles. The molecule has 0 fully saturated rings. The molecule has 0 aromatic rings. The fourth-order valence-corrected chi connectivity index (χ4v) is 1.46. The van der Waals surface area contributed by atoms with Crippen LogP contribution in [0, 0.1) is 0 Å². The van der Waals surface area contributed by atoms with Gasteiger partial charge in [-0.25, -0.2) is 8.78 Å². The molecule has 0 heterocycles. The SMILES string of the molecule is O=C(Cl)C(F)(F)C(F)(Cl)C(F)(F)C(F)(Cl)Br. The molecule has 0 amide bonds. The van der Waals surface area contributed by atoms with Gasteiger partial charge in [0, 0.05) is 0 Å². The van der Waals surface area contributed by atoms with Gasteiger partial charge in [0.1, 0.15) is 0 Å². The first-order valence-corrected chi connectivity index (χ1v) is 5.02. The van der Waals surface area contributed by atoms with E-state index in [0.717, 1.165) is 0 Å². The highest BCUT2D eigenvalue weighted by atomic mass is 79.9. The van der Waals surface area contributed by atoms with E-state index in [1.807, 2.05) is 0 Å². The van der Waals surface area contributed by atoms with Crippen LogP contribution in [0.1, 0.15) is 0 Å². The molecule has 0 aliphatic rings. The standard InChI is InChI=1S/C5BrCl3F6O/c6-5(9,15)4(13,14)3(8,12)2(10,11)1(7)16. The van der Waals surface area contributed by atoms with Gasteiger partial charge in [0.05, 0.1) is 0 Å². The van der Waals surface area contributed by atoms with E-state index in [9.17, 15) is 31.1 Å². The number of rotatable bonds is 4. The molecule has 0 aliphatic heterocycles. The highest BCUT2D eigenvalue weighted by molar-refractivity contribution is 9.10. The van der Waals surface area contributed by atoms with E-state index in [2.05, 4.69) is 34.8 Å². The fourth-order valence-electron chi connectivity index (χ4n) is 0.499. The second-order valence-corrected chi connectivity index (χ2v) is 5.43. The Labute approximate surface area is 108 Å². The van der Waals surface area contributed by atoms with Crippen LogP contribution in [0.3, 0.4) is 0 Å². The van der Waals surface area contributed by atoms with Crippen molar-refractivity contribution in [3.63, 3.8) is 0 Å². The Morgan fingerprint density at radius 1 is 1.00 bits per heavy atom. The van der Waals surface area contributed by atoms with Crippen molar-refractivity contribution in [1.82, 2.24) is 0 Å². The maximum absolute atomic E-state index is 13.0. The third kappa shape index (κ3) is 2.39. The molecule has 0 aromatic heterocycles. The third-order valence-electron chi connectivity index (χ3n) is 1.39. The highest BCUT2D eigenvalue weighted by Gasteiger charge is 2.79. The third-order valence-corrected chi connectivity index (χ3v) is 2.84. The summed E-state index contributed by atoms with van der Waals surface area (Å²) in [6, 6.07) is 0. The Bertz CT molecular complexity index is 301. The van der Waals surface area contributed by atoms with E-state index < -0.39 is 26.3 Å². The summed E-state index contributed by atoms with van der Waals surface area (Å²) in [4.78, 5) is 10.1. The topological polar surface area (TPSA) is 17.1 Å². The molecule has 0 spiro atoms. The van der Waals surface area contributed by atoms with Crippen molar-refractivity contribution in [1.29, 1.82) is 0 Å². The first-order chi connectivity index (χ1) is 6.69. The van der Waals surface area contributed by atoms with Crippen molar-refractivity contribution in [2.45, 2.75) is 21.0 Å². The maximum atomic E-state index is 13.0. The summed E-state index contributed by atoms with van der Waals surface area (Å²) in [5.74, 6) is -11.2. The summed E-state index contributed by atoms with van der Waals surface area (Å²) < 4.78 is 72.0. The fraction of sp³-hybridized carbons (Fsp3) is 0.800. The number of carbonyl (C=O) groups is 1. The smallest absolute Gasteiger partial charge is 0.274 e. The van der Waals surface area contributed by atoms with Crippen LogP contribution < -0.4 is 0 Å². The minimum absolute atomic E-state index is 1.41. The number of hydrogen-bond acceptors (Lipinski definition) is 1. The average Bonchev–Trinajstić information content (AvgIpc) is 2.00. The van der Waals surface area contributed by atoms with E-state index in [0.29, 0.717) is 0 Å². The van der Waals surface area contributed by atoms with Crippen molar-refractivity contribution in [2.24, 2.45) is 0 Å². The summed E-state index contributed by atoms with van der Waals surface area (Å²) in [5, 5.41) is -8.25. The van der Waals surface area contributed by atoms with Gasteiger partial charge in [-0.3, -0.25) is 4.79 Å². The lowest BCUT2D eigenvalue weighted by molar-refractivity contribution is -0.215. The molecule has 0 radical (unpaired) electrons. The van der Waals surface area contributed by atoms with E-state index in [1.165, 1.54) is 15.9 Å². The predicted octanol–water partition coefficient (Wildman–Crippen LogP) is 4.18. The summed E-state index contributed by atoms with van der Waals surface area (Å²) in [6.07, 6.45) is 0. The second kappa shape index (κ2) is 4.37. The molecule has 0 saturated heterocycles.